The molecular weight excluding hydrogens is 308 g/mol. The van der Waals surface area contributed by atoms with Gasteiger partial charge in [0.15, 0.2) is 23.1 Å². The van der Waals surface area contributed by atoms with E-state index in [4.69, 9.17) is 0 Å². The van der Waals surface area contributed by atoms with Crippen molar-refractivity contribution in [2.24, 2.45) is 5.92 Å². The number of benzene rings is 1. The van der Waals surface area contributed by atoms with Crippen molar-refractivity contribution in [2.75, 3.05) is 0 Å². The van der Waals surface area contributed by atoms with Crippen LogP contribution in [0.25, 0.3) is 6.08 Å². The summed E-state index contributed by atoms with van der Waals surface area (Å²) in [6.45, 7) is 0. The Bertz CT molecular complexity index is 736. The molecule has 0 aromatic heterocycles. The molecule has 5 nitrogen and oxygen atoms in total. The van der Waals surface area contributed by atoms with Crippen molar-refractivity contribution in [2.45, 2.75) is 12.8 Å². The van der Waals surface area contributed by atoms with Gasteiger partial charge >= 0.3 is 0 Å². The predicted molar refractivity (Wildman–Crippen MR) is 90.4 cm³/mol. The van der Waals surface area contributed by atoms with Gasteiger partial charge in [0.2, 0.25) is 0 Å². The largest absolute Gasteiger partial charge is 0.508 e. The Kier molecular flexibility index (Phi) is 5.73. The summed E-state index contributed by atoms with van der Waals surface area (Å²) >= 11 is 0. The van der Waals surface area contributed by atoms with Gasteiger partial charge in [-0.1, -0.05) is 24.3 Å². The number of rotatable bonds is 6. The molecule has 24 heavy (non-hydrogen) atoms. The molecule has 1 unspecified atom stereocenters. The molecule has 2 rings (SSSR count). The second-order valence-electron chi connectivity index (χ2n) is 5.43. The topological polar surface area (TPSA) is 94.8 Å². The molecule has 124 valence electrons. The molecule has 0 fully saturated rings. The molecule has 0 saturated carbocycles. The lowest BCUT2D eigenvalue weighted by molar-refractivity contribution is -0.121. The fourth-order valence-electron chi connectivity index (χ4n) is 2.14. The normalized spacial score (nSPS) is 17.8. The van der Waals surface area contributed by atoms with Gasteiger partial charge < -0.3 is 15.3 Å². The predicted octanol–water partition coefficient (Wildman–Crippen LogP) is 3.39. The van der Waals surface area contributed by atoms with Crippen LogP contribution < -0.4 is 0 Å². The SMILES string of the molecule is O=C(/C=C/c1ccc(O)cc1)CC(=O)/C=C/C1C=C(O)C(O)=CC1. The smallest absolute Gasteiger partial charge is 0.163 e. The Morgan fingerprint density at radius 3 is 2.33 bits per heavy atom. The first-order valence-electron chi connectivity index (χ1n) is 7.45. The number of hydrogen-bond acceptors (Lipinski definition) is 5. The standard InChI is InChI=1S/C19H18O5/c20-15-6-1-13(2-7-15)3-8-16(21)12-17(22)9-4-14-5-10-18(23)19(24)11-14/h1-4,6-11,14,20,23-24H,5,12H2/b8-3+,9-4+. The first-order valence-corrected chi connectivity index (χ1v) is 7.45. The van der Waals surface area contributed by atoms with Crippen molar-refractivity contribution in [3.8, 4) is 5.75 Å². The summed E-state index contributed by atoms with van der Waals surface area (Å²) in [6, 6.07) is 6.34. The summed E-state index contributed by atoms with van der Waals surface area (Å²) in [5, 5.41) is 27.8. The van der Waals surface area contributed by atoms with Crippen LogP contribution in [-0.2, 0) is 9.59 Å². The lowest BCUT2D eigenvalue weighted by Crippen LogP contribution is -2.05. The molecule has 1 aliphatic carbocycles. The minimum atomic E-state index is -0.331. The molecule has 0 bridgehead atoms. The van der Waals surface area contributed by atoms with Crippen molar-refractivity contribution in [1.29, 1.82) is 0 Å². The van der Waals surface area contributed by atoms with Crippen LogP contribution in [0.4, 0.5) is 0 Å². The first kappa shape index (κ1) is 17.3. The maximum Gasteiger partial charge on any atom is 0.163 e. The molecule has 0 radical (unpaired) electrons. The Labute approximate surface area is 139 Å². The Morgan fingerprint density at radius 1 is 1.00 bits per heavy atom. The van der Waals surface area contributed by atoms with E-state index < -0.39 is 0 Å². The molecule has 0 spiro atoms. The molecule has 0 heterocycles. The molecule has 1 atom stereocenters. The maximum atomic E-state index is 11.8. The molecule has 0 saturated heterocycles. The van der Waals surface area contributed by atoms with E-state index in [0.717, 1.165) is 5.56 Å². The molecule has 1 aromatic rings. The van der Waals surface area contributed by atoms with Crippen molar-refractivity contribution in [3.05, 3.63) is 71.7 Å². The number of aliphatic hydroxyl groups is 2. The number of aromatic hydroxyl groups is 1. The Morgan fingerprint density at radius 2 is 1.67 bits per heavy atom. The Balaban J connectivity index is 1.84. The van der Waals surface area contributed by atoms with E-state index in [9.17, 15) is 24.9 Å². The highest BCUT2D eigenvalue weighted by molar-refractivity contribution is 6.09. The molecule has 1 aromatic carbocycles. The summed E-state index contributed by atoms with van der Waals surface area (Å²) in [4.78, 5) is 23.5. The molecule has 3 N–H and O–H groups in total. The number of carbonyl (C=O) groups excluding carboxylic acids is 2. The zero-order chi connectivity index (χ0) is 17.5. The van der Waals surface area contributed by atoms with Crippen molar-refractivity contribution >= 4 is 17.6 Å². The van der Waals surface area contributed by atoms with E-state index in [-0.39, 0.29) is 41.2 Å². The molecule has 1 aliphatic rings. The van der Waals surface area contributed by atoms with Gasteiger partial charge in [-0.15, -0.1) is 0 Å². The molecular formula is C19H18O5. The summed E-state index contributed by atoms with van der Waals surface area (Å²) in [5.74, 6) is -1.08. The second kappa shape index (κ2) is 7.97. The fraction of sp³-hybridized carbons (Fsp3) is 0.158. The van der Waals surface area contributed by atoms with Gasteiger partial charge in [0.1, 0.15) is 5.75 Å². The van der Waals surface area contributed by atoms with Gasteiger partial charge in [-0.3, -0.25) is 9.59 Å². The summed E-state index contributed by atoms with van der Waals surface area (Å²) in [7, 11) is 0. The third-order valence-electron chi connectivity index (χ3n) is 3.45. The maximum absolute atomic E-state index is 11.8. The van der Waals surface area contributed by atoms with Crippen molar-refractivity contribution in [3.63, 3.8) is 0 Å². The van der Waals surface area contributed by atoms with Crippen molar-refractivity contribution in [1.82, 2.24) is 0 Å². The monoisotopic (exact) mass is 326 g/mol. The van der Waals surface area contributed by atoms with Gasteiger partial charge in [0.05, 0.1) is 6.42 Å². The quantitative estimate of drug-likeness (QED) is 0.550. The molecule has 0 aliphatic heterocycles. The summed E-state index contributed by atoms with van der Waals surface area (Å²) in [6.07, 6.45) is 8.98. The summed E-state index contributed by atoms with van der Waals surface area (Å²) in [5.41, 5.74) is 0.749. The van der Waals surface area contributed by atoms with Crippen LogP contribution in [0.3, 0.4) is 0 Å². The highest BCUT2D eigenvalue weighted by Crippen LogP contribution is 2.20. The molecule has 5 heteroatoms. The number of allylic oxidation sites excluding steroid dienone is 5. The van der Waals surface area contributed by atoms with E-state index >= 15 is 0 Å². The van der Waals surface area contributed by atoms with Crippen LogP contribution in [0.1, 0.15) is 18.4 Å². The van der Waals surface area contributed by atoms with E-state index in [1.807, 2.05) is 0 Å². The van der Waals surface area contributed by atoms with Gasteiger partial charge in [-0.05, 0) is 48.4 Å². The highest BCUT2D eigenvalue weighted by Gasteiger charge is 2.12. The van der Waals surface area contributed by atoms with Crippen LogP contribution >= 0.6 is 0 Å². The van der Waals surface area contributed by atoms with Gasteiger partial charge in [0, 0.05) is 5.92 Å². The van der Waals surface area contributed by atoms with Gasteiger partial charge in [0.25, 0.3) is 0 Å². The fourth-order valence-corrected chi connectivity index (χ4v) is 2.14. The number of aliphatic hydroxyl groups excluding tert-OH is 2. The number of phenolic OH excluding ortho intramolecular Hbond substituents is 1. The van der Waals surface area contributed by atoms with Crippen LogP contribution in [0.15, 0.2) is 66.2 Å². The van der Waals surface area contributed by atoms with E-state index in [0.29, 0.717) is 6.42 Å². The lowest BCUT2D eigenvalue weighted by Gasteiger charge is -2.11. The third-order valence-corrected chi connectivity index (χ3v) is 3.45. The minimum absolute atomic E-state index is 0.143. The highest BCUT2D eigenvalue weighted by atomic mass is 16.3. The zero-order valence-corrected chi connectivity index (χ0v) is 12.9. The van der Waals surface area contributed by atoms with E-state index in [1.165, 1.54) is 36.4 Å². The van der Waals surface area contributed by atoms with E-state index in [2.05, 4.69) is 0 Å². The average molecular weight is 326 g/mol. The van der Waals surface area contributed by atoms with Gasteiger partial charge in [-0.2, -0.15) is 0 Å². The minimum Gasteiger partial charge on any atom is -0.508 e. The molecule has 0 amide bonds. The van der Waals surface area contributed by atoms with E-state index in [1.54, 1.807) is 24.3 Å². The van der Waals surface area contributed by atoms with Crippen LogP contribution in [0, 0.1) is 5.92 Å². The number of carbonyl (C=O) groups is 2. The number of hydrogen-bond donors (Lipinski definition) is 3. The van der Waals surface area contributed by atoms with Crippen molar-refractivity contribution < 1.29 is 24.9 Å². The lowest BCUT2D eigenvalue weighted by atomic mass is 9.98. The van der Waals surface area contributed by atoms with Crippen LogP contribution in [0.5, 0.6) is 5.75 Å². The second-order valence-corrected chi connectivity index (χ2v) is 5.43. The van der Waals surface area contributed by atoms with Gasteiger partial charge in [-0.25, -0.2) is 0 Å². The average Bonchev–Trinajstić information content (AvgIpc) is 2.55. The number of phenols is 1. The van der Waals surface area contributed by atoms with Crippen LogP contribution in [-0.4, -0.2) is 26.9 Å². The third kappa shape index (κ3) is 5.28. The Hall–Kier alpha value is -3.08. The first-order chi connectivity index (χ1) is 11.4. The van der Waals surface area contributed by atoms with Crippen LogP contribution in [0.2, 0.25) is 0 Å². The number of ketones is 2. The zero-order valence-electron chi connectivity index (χ0n) is 12.9. The summed E-state index contributed by atoms with van der Waals surface area (Å²) < 4.78 is 0.